The van der Waals surface area contributed by atoms with E-state index < -0.39 is 17.5 Å². The lowest BCUT2D eigenvalue weighted by molar-refractivity contribution is -0.155. The highest BCUT2D eigenvalue weighted by molar-refractivity contribution is 7.98. The molecule has 5 nitrogen and oxygen atoms in total. The Morgan fingerprint density at radius 3 is 2.36 bits per heavy atom. The maximum Gasteiger partial charge on any atom is 0.373 e. The molecule has 0 aliphatic carbocycles. The largest absolute Gasteiger partial charge is 0.460 e. The molecule has 6 heteroatoms. The maximum atomic E-state index is 12.3. The SMILES string of the molecule is C=C(OC(=O)C(N)(CCCC)CCSC)C(=O)OCCCC. The monoisotopic (exact) mass is 331 g/mol. The van der Waals surface area contributed by atoms with Gasteiger partial charge in [-0.25, -0.2) is 9.59 Å². The van der Waals surface area contributed by atoms with Gasteiger partial charge in [0.25, 0.3) is 0 Å². The van der Waals surface area contributed by atoms with Gasteiger partial charge in [-0.15, -0.1) is 0 Å². The van der Waals surface area contributed by atoms with E-state index in [9.17, 15) is 9.59 Å². The highest BCUT2D eigenvalue weighted by Gasteiger charge is 2.36. The van der Waals surface area contributed by atoms with Crippen molar-refractivity contribution >= 4 is 23.7 Å². The van der Waals surface area contributed by atoms with Gasteiger partial charge in [0.2, 0.25) is 5.76 Å². The summed E-state index contributed by atoms with van der Waals surface area (Å²) in [6.45, 7) is 7.79. The third kappa shape index (κ3) is 7.84. The second-order valence-corrected chi connectivity index (χ2v) is 6.29. The fraction of sp³-hybridized carbons (Fsp3) is 0.750. The van der Waals surface area contributed by atoms with Crippen molar-refractivity contribution in [3.8, 4) is 0 Å². The Morgan fingerprint density at radius 1 is 1.18 bits per heavy atom. The van der Waals surface area contributed by atoms with Gasteiger partial charge in [0.05, 0.1) is 6.61 Å². The number of unbranched alkanes of at least 4 members (excludes halogenated alkanes) is 2. The first-order chi connectivity index (χ1) is 10.4. The first-order valence-corrected chi connectivity index (χ1v) is 9.16. The number of carbonyl (C=O) groups excluding carboxylic acids is 2. The van der Waals surface area contributed by atoms with E-state index in [-0.39, 0.29) is 5.76 Å². The van der Waals surface area contributed by atoms with Gasteiger partial charge in [0.15, 0.2) is 0 Å². The van der Waals surface area contributed by atoms with Gasteiger partial charge in [-0.05, 0) is 37.9 Å². The molecule has 1 atom stereocenters. The smallest absolute Gasteiger partial charge is 0.373 e. The molecule has 0 aromatic rings. The Kier molecular flexibility index (Phi) is 11.0. The van der Waals surface area contributed by atoms with E-state index in [1.807, 2.05) is 20.1 Å². The fourth-order valence-electron chi connectivity index (χ4n) is 1.75. The van der Waals surface area contributed by atoms with E-state index in [2.05, 4.69) is 6.58 Å². The molecular weight excluding hydrogens is 302 g/mol. The van der Waals surface area contributed by atoms with Gasteiger partial charge < -0.3 is 15.2 Å². The molecule has 0 saturated carbocycles. The number of thioether (sulfide) groups is 1. The standard InChI is InChI=1S/C16H29NO4S/c1-5-7-9-16(17,10-12-22-4)15(19)21-13(3)14(18)20-11-8-6-2/h3,5-12,17H2,1-2,4H3. The van der Waals surface area contributed by atoms with E-state index in [1.54, 1.807) is 11.8 Å². The normalized spacial score (nSPS) is 13.3. The molecule has 0 fully saturated rings. The number of ether oxygens (including phenoxy) is 2. The maximum absolute atomic E-state index is 12.3. The molecule has 0 heterocycles. The summed E-state index contributed by atoms with van der Waals surface area (Å²) in [5.74, 6) is -0.850. The predicted octanol–water partition coefficient (Wildman–Crippen LogP) is 3.03. The zero-order chi connectivity index (χ0) is 17.0. The van der Waals surface area contributed by atoms with E-state index >= 15 is 0 Å². The first-order valence-electron chi connectivity index (χ1n) is 7.77. The van der Waals surface area contributed by atoms with E-state index in [4.69, 9.17) is 15.2 Å². The van der Waals surface area contributed by atoms with Crippen LogP contribution in [0.25, 0.3) is 0 Å². The first kappa shape index (κ1) is 21.0. The number of carbonyl (C=O) groups is 2. The highest BCUT2D eigenvalue weighted by atomic mass is 32.2. The predicted molar refractivity (Wildman–Crippen MR) is 90.5 cm³/mol. The number of esters is 2. The molecule has 0 spiro atoms. The third-order valence-electron chi connectivity index (χ3n) is 3.31. The summed E-state index contributed by atoms with van der Waals surface area (Å²) in [7, 11) is 0. The molecule has 128 valence electrons. The summed E-state index contributed by atoms with van der Waals surface area (Å²) < 4.78 is 10.0. The molecule has 0 aromatic heterocycles. The lowest BCUT2D eigenvalue weighted by Crippen LogP contribution is -2.49. The van der Waals surface area contributed by atoms with Crippen LogP contribution in [0.2, 0.25) is 0 Å². The minimum atomic E-state index is -1.08. The molecule has 0 aliphatic heterocycles. The lowest BCUT2D eigenvalue weighted by atomic mass is 9.91. The topological polar surface area (TPSA) is 78.6 Å². The van der Waals surface area contributed by atoms with Crippen LogP contribution in [0.3, 0.4) is 0 Å². The van der Waals surface area contributed by atoms with Gasteiger partial charge in [-0.3, -0.25) is 0 Å². The molecule has 0 aromatic carbocycles. The zero-order valence-corrected chi connectivity index (χ0v) is 14.8. The number of hydrogen-bond donors (Lipinski definition) is 1. The molecular formula is C16H29NO4S. The van der Waals surface area contributed by atoms with Gasteiger partial charge in [0, 0.05) is 0 Å². The zero-order valence-electron chi connectivity index (χ0n) is 14.0. The fourth-order valence-corrected chi connectivity index (χ4v) is 2.32. The number of rotatable bonds is 12. The summed E-state index contributed by atoms with van der Waals surface area (Å²) >= 11 is 1.62. The van der Waals surface area contributed by atoms with Gasteiger partial charge >= 0.3 is 11.9 Å². The third-order valence-corrected chi connectivity index (χ3v) is 3.92. The van der Waals surface area contributed by atoms with Gasteiger partial charge in [0.1, 0.15) is 5.54 Å². The lowest BCUT2D eigenvalue weighted by Gasteiger charge is -2.26. The second-order valence-electron chi connectivity index (χ2n) is 5.30. The van der Waals surface area contributed by atoms with Gasteiger partial charge in [-0.2, -0.15) is 11.8 Å². The number of hydrogen-bond acceptors (Lipinski definition) is 6. The average Bonchev–Trinajstić information content (AvgIpc) is 2.50. The summed E-state index contributed by atoms with van der Waals surface area (Å²) in [4.78, 5) is 24.0. The van der Waals surface area contributed by atoms with Crippen LogP contribution < -0.4 is 5.73 Å². The van der Waals surface area contributed by atoms with Crippen molar-refractivity contribution in [2.45, 2.75) is 57.9 Å². The van der Waals surface area contributed by atoms with E-state index in [0.29, 0.717) is 19.4 Å². The summed E-state index contributed by atoms with van der Waals surface area (Å²) in [5.41, 5.74) is 5.12. The van der Waals surface area contributed by atoms with Crippen LogP contribution in [0, 0.1) is 0 Å². The molecule has 0 radical (unpaired) electrons. The van der Waals surface area contributed by atoms with Crippen LogP contribution in [0.15, 0.2) is 12.3 Å². The Morgan fingerprint density at radius 2 is 1.82 bits per heavy atom. The molecule has 0 aliphatic rings. The Labute approximate surface area is 138 Å². The Balaban J connectivity index is 4.59. The molecule has 0 bridgehead atoms. The van der Waals surface area contributed by atoms with Crippen LogP contribution in [0.5, 0.6) is 0 Å². The van der Waals surface area contributed by atoms with Crippen molar-refractivity contribution in [2.24, 2.45) is 5.73 Å². The minimum absolute atomic E-state index is 0.294. The highest BCUT2D eigenvalue weighted by Crippen LogP contribution is 2.21. The summed E-state index contributed by atoms with van der Waals surface area (Å²) in [6, 6.07) is 0. The van der Waals surface area contributed by atoms with E-state index in [0.717, 1.165) is 31.4 Å². The molecule has 1 unspecified atom stereocenters. The second kappa shape index (κ2) is 11.5. The van der Waals surface area contributed by atoms with Crippen molar-refractivity contribution < 1.29 is 19.1 Å². The van der Waals surface area contributed by atoms with Crippen molar-refractivity contribution in [2.75, 3.05) is 18.6 Å². The quantitative estimate of drug-likeness (QED) is 0.256. The van der Waals surface area contributed by atoms with E-state index in [1.165, 1.54) is 0 Å². The van der Waals surface area contributed by atoms with Crippen molar-refractivity contribution in [1.29, 1.82) is 0 Å². The molecule has 0 amide bonds. The summed E-state index contributed by atoms with van der Waals surface area (Å²) in [5, 5.41) is 0. The summed E-state index contributed by atoms with van der Waals surface area (Å²) in [6.07, 6.45) is 6.43. The number of nitrogens with two attached hydrogens (primary N) is 1. The minimum Gasteiger partial charge on any atom is -0.460 e. The van der Waals surface area contributed by atoms with Gasteiger partial charge in [-0.1, -0.05) is 33.1 Å². The Bertz CT molecular complexity index is 363. The van der Waals surface area contributed by atoms with Crippen LogP contribution in [-0.2, 0) is 19.1 Å². The molecule has 2 N–H and O–H groups in total. The molecule has 0 saturated heterocycles. The van der Waals surface area contributed by atoms with Crippen LogP contribution in [0.4, 0.5) is 0 Å². The van der Waals surface area contributed by atoms with Crippen LogP contribution in [0.1, 0.15) is 52.4 Å². The average molecular weight is 331 g/mol. The van der Waals surface area contributed by atoms with Crippen LogP contribution in [-0.4, -0.2) is 36.1 Å². The molecule has 0 rings (SSSR count). The van der Waals surface area contributed by atoms with Crippen molar-refractivity contribution in [3.63, 3.8) is 0 Å². The molecule has 22 heavy (non-hydrogen) atoms. The van der Waals surface area contributed by atoms with Crippen molar-refractivity contribution in [1.82, 2.24) is 0 Å². The van der Waals surface area contributed by atoms with Crippen LogP contribution >= 0.6 is 11.8 Å². The Hall–Kier alpha value is -1.01. The van der Waals surface area contributed by atoms with Crippen molar-refractivity contribution in [3.05, 3.63) is 12.3 Å².